The second-order valence-corrected chi connectivity index (χ2v) is 9.36. The molecule has 0 aromatic carbocycles. The van der Waals surface area contributed by atoms with Crippen LogP contribution in [0.4, 0.5) is 4.79 Å². The molecule has 1 N–H and O–H groups in total. The first-order valence-electron chi connectivity index (χ1n) is 10.5. The van der Waals surface area contributed by atoms with Crippen LogP contribution in [0.15, 0.2) is 0 Å². The molecule has 3 heterocycles. The highest BCUT2D eigenvalue weighted by molar-refractivity contribution is 5.68. The smallest absolute Gasteiger partial charge is 0.410 e. The van der Waals surface area contributed by atoms with E-state index in [9.17, 15) is 4.79 Å². The molecule has 3 fully saturated rings. The Balaban J connectivity index is 1.45. The summed E-state index contributed by atoms with van der Waals surface area (Å²) in [5, 5.41) is 3.58. The summed E-state index contributed by atoms with van der Waals surface area (Å²) in [6, 6.07) is 1.40. The highest BCUT2D eigenvalue weighted by atomic mass is 16.6. The number of nitrogens with one attached hydrogen (secondary N) is 1. The number of likely N-dealkylation sites (tertiary alicyclic amines) is 2. The fourth-order valence-corrected chi connectivity index (χ4v) is 4.76. The molecule has 0 aliphatic carbocycles. The lowest BCUT2D eigenvalue weighted by atomic mass is 9.89. The van der Waals surface area contributed by atoms with Crippen molar-refractivity contribution in [3.63, 3.8) is 0 Å². The largest absolute Gasteiger partial charge is 0.444 e. The Morgan fingerprint density at radius 1 is 1.15 bits per heavy atom. The van der Waals surface area contributed by atoms with Crippen LogP contribution in [0.3, 0.4) is 0 Å². The van der Waals surface area contributed by atoms with Gasteiger partial charge in [0.2, 0.25) is 0 Å². The van der Waals surface area contributed by atoms with Crippen LogP contribution in [0.1, 0.15) is 52.9 Å². The van der Waals surface area contributed by atoms with E-state index in [0.29, 0.717) is 12.0 Å². The van der Waals surface area contributed by atoms with Gasteiger partial charge < -0.3 is 19.9 Å². The summed E-state index contributed by atoms with van der Waals surface area (Å²) in [5.41, 5.74) is -0.409. The average molecular weight is 367 g/mol. The molecule has 0 aromatic rings. The standard InChI is InChI=1S/C20H38N4O2/c1-20(2,3)26-19(25)23-11-7-16(8-12-23)18-14-21-15-24(18)13-9-17-6-5-10-22(17)4/h16-18,21H,5-15H2,1-4H3. The minimum absolute atomic E-state index is 0.151. The number of ether oxygens (including phenoxy) is 1. The van der Waals surface area contributed by atoms with Gasteiger partial charge in [-0.1, -0.05) is 0 Å². The molecule has 2 atom stereocenters. The van der Waals surface area contributed by atoms with E-state index in [-0.39, 0.29) is 6.09 Å². The maximum absolute atomic E-state index is 12.3. The number of hydrogen-bond acceptors (Lipinski definition) is 5. The van der Waals surface area contributed by atoms with Crippen LogP contribution in [-0.2, 0) is 4.74 Å². The predicted octanol–water partition coefficient (Wildman–Crippen LogP) is 2.35. The van der Waals surface area contributed by atoms with Crippen molar-refractivity contribution in [3.8, 4) is 0 Å². The molecule has 3 aliphatic heterocycles. The first-order valence-corrected chi connectivity index (χ1v) is 10.5. The Labute approximate surface area is 159 Å². The maximum Gasteiger partial charge on any atom is 0.410 e. The molecule has 6 heteroatoms. The Hall–Kier alpha value is -0.850. The molecule has 0 aromatic heterocycles. The van der Waals surface area contributed by atoms with Gasteiger partial charge in [-0.15, -0.1) is 0 Å². The third kappa shape index (κ3) is 5.11. The lowest BCUT2D eigenvalue weighted by molar-refractivity contribution is 0.0147. The summed E-state index contributed by atoms with van der Waals surface area (Å²) < 4.78 is 5.52. The Morgan fingerprint density at radius 2 is 1.88 bits per heavy atom. The zero-order valence-electron chi connectivity index (χ0n) is 17.2. The van der Waals surface area contributed by atoms with Crippen molar-refractivity contribution >= 4 is 6.09 Å². The lowest BCUT2D eigenvalue weighted by Gasteiger charge is -2.38. The van der Waals surface area contributed by atoms with E-state index >= 15 is 0 Å². The molecular weight excluding hydrogens is 328 g/mol. The third-order valence-corrected chi connectivity index (χ3v) is 6.29. The minimum atomic E-state index is -0.409. The van der Waals surface area contributed by atoms with E-state index in [1.807, 2.05) is 25.7 Å². The van der Waals surface area contributed by atoms with Crippen LogP contribution < -0.4 is 5.32 Å². The number of carbonyl (C=O) groups excluding carboxylic acids is 1. The normalized spacial score (nSPS) is 29.5. The van der Waals surface area contributed by atoms with Crippen molar-refractivity contribution < 1.29 is 9.53 Å². The summed E-state index contributed by atoms with van der Waals surface area (Å²) in [6.45, 7) is 12.0. The van der Waals surface area contributed by atoms with E-state index < -0.39 is 5.60 Å². The van der Waals surface area contributed by atoms with Crippen LogP contribution in [0.2, 0.25) is 0 Å². The summed E-state index contributed by atoms with van der Waals surface area (Å²) >= 11 is 0. The van der Waals surface area contributed by atoms with Crippen molar-refractivity contribution in [2.45, 2.75) is 70.6 Å². The van der Waals surface area contributed by atoms with Crippen molar-refractivity contribution in [3.05, 3.63) is 0 Å². The third-order valence-electron chi connectivity index (χ3n) is 6.29. The second kappa shape index (κ2) is 8.44. The molecule has 3 saturated heterocycles. The van der Waals surface area contributed by atoms with Crippen LogP contribution in [0.5, 0.6) is 0 Å². The first kappa shape index (κ1) is 19.9. The summed E-state index contributed by atoms with van der Waals surface area (Å²) in [6.07, 6.45) is 6.02. The Bertz CT molecular complexity index is 471. The minimum Gasteiger partial charge on any atom is -0.444 e. The molecule has 150 valence electrons. The van der Waals surface area contributed by atoms with Gasteiger partial charge in [-0.2, -0.15) is 0 Å². The molecule has 3 rings (SSSR count). The summed E-state index contributed by atoms with van der Waals surface area (Å²) in [7, 11) is 2.27. The van der Waals surface area contributed by atoms with Crippen molar-refractivity contribution in [1.29, 1.82) is 0 Å². The molecule has 0 spiro atoms. The Morgan fingerprint density at radius 3 is 2.50 bits per heavy atom. The van der Waals surface area contributed by atoms with Gasteiger partial charge in [-0.25, -0.2) is 4.79 Å². The molecule has 0 radical (unpaired) electrons. The number of rotatable bonds is 4. The second-order valence-electron chi connectivity index (χ2n) is 9.36. The predicted molar refractivity (Wildman–Crippen MR) is 104 cm³/mol. The number of nitrogens with zero attached hydrogens (tertiary/aromatic N) is 3. The lowest BCUT2D eigenvalue weighted by Crippen LogP contribution is -2.47. The Kier molecular flexibility index (Phi) is 6.46. The molecule has 0 saturated carbocycles. The van der Waals surface area contributed by atoms with Crippen LogP contribution in [-0.4, -0.2) is 84.9 Å². The fraction of sp³-hybridized carbons (Fsp3) is 0.950. The molecular formula is C20H38N4O2. The molecule has 6 nitrogen and oxygen atoms in total. The molecule has 26 heavy (non-hydrogen) atoms. The van der Waals surface area contributed by atoms with Crippen molar-refractivity contribution in [2.24, 2.45) is 5.92 Å². The number of piperidine rings is 1. The first-order chi connectivity index (χ1) is 12.3. The maximum atomic E-state index is 12.3. The zero-order chi connectivity index (χ0) is 18.7. The highest BCUT2D eigenvalue weighted by Gasteiger charge is 2.36. The van der Waals surface area contributed by atoms with E-state index in [0.717, 1.165) is 45.2 Å². The highest BCUT2D eigenvalue weighted by Crippen LogP contribution is 2.28. The monoisotopic (exact) mass is 366 g/mol. The molecule has 3 aliphatic rings. The van der Waals surface area contributed by atoms with E-state index in [1.165, 1.54) is 32.4 Å². The van der Waals surface area contributed by atoms with Crippen LogP contribution in [0.25, 0.3) is 0 Å². The van der Waals surface area contributed by atoms with E-state index in [4.69, 9.17) is 4.74 Å². The fourth-order valence-electron chi connectivity index (χ4n) is 4.76. The number of carbonyl (C=O) groups is 1. The topological polar surface area (TPSA) is 48.0 Å². The molecule has 2 unspecified atom stereocenters. The number of amides is 1. The van der Waals surface area contributed by atoms with Gasteiger partial charge in [0.25, 0.3) is 0 Å². The summed E-state index contributed by atoms with van der Waals surface area (Å²) in [4.78, 5) is 19.3. The van der Waals surface area contributed by atoms with E-state index in [2.05, 4.69) is 22.2 Å². The van der Waals surface area contributed by atoms with Gasteiger partial charge in [-0.3, -0.25) is 4.90 Å². The van der Waals surface area contributed by atoms with Crippen molar-refractivity contribution in [1.82, 2.24) is 20.0 Å². The van der Waals surface area contributed by atoms with Crippen molar-refractivity contribution in [2.75, 3.05) is 46.4 Å². The molecule has 0 bridgehead atoms. The van der Waals surface area contributed by atoms with Gasteiger partial charge in [-0.05, 0) is 72.4 Å². The quantitative estimate of drug-likeness (QED) is 0.828. The number of hydrogen-bond donors (Lipinski definition) is 1. The average Bonchev–Trinajstić information content (AvgIpc) is 3.20. The van der Waals surface area contributed by atoms with Gasteiger partial charge in [0, 0.05) is 44.9 Å². The van der Waals surface area contributed by atoms with E-state index in [1.54, 1.807) is 0 Å². The van der Waals surface area contributed by atoms with Crippen LogP contribution >= 0.6 is 0 Å². The van der Waals surface area contributed by atoms with Gasteiger partial charge >= 0.3 is 6.09 Å². The SMILES string of the molecule is CN1CCCC1CCN1CNCC1C1CCN(C(=O)OC(C)(C)C)CC1. The van der Waals surface area contributed by atoms with Crippen LogP contribution in [0, 0.1) is 5.92 Å². The van der Waals surface area contributed by atoms with Gasteiger partial charge in [0.15, 0.2) is 0 Å². The van der Waals surface area contributed by atoms with Gasteiger partial charge in [0.1, 0.15) is 5.60 Å². The summed E-state index contributed by atoms with van der Waals surface area (Å²) in [5.74, 6) is 0.685. The van der Waals surface area contributed by atoms with Gasteiger partial charge in [0.05, 0.1) is 0 Å². The zero-order valence-corrected chi connectivity index (χ0v) is 17.2. The molecule has 1 amide bonds.